The molecule has 2 amide bonds. The number of hydrogen-bond acceptors (Lipinski definition) is 3. The zero-order valence-electron chi connectivity index (χ0n) is 16.3. The Morgan fingerprint density at radius 1 is 1.10 bits per heavy atom. The summed E-state index contributed by atoms with van der Waals surface area (Å²) in [4.78, 5) is 28.6. The van der Waals surface area contributed by atoms with Crippen molar-refractivity contribution >= 4 is 27.7 Å². The quantitative estimate of drug-likeness (QED) is 0.652. The summed E-state index contributed by atoms with van der Waals surface area (Å²) in [5, 5.41) is 0. The van der Waals surface area contributed by atoms with Crippen molar-refractivity contribution in [1.29, 1.82) is 0 Å². The largest absolute Gasteiger partial charge is 0.492 e. The molecule has 1 aliphatic rings. The molecule has 1 aliphatic heterocycles. The van der Waals surface area contributed by atoms with Crippen LogP contribution in [0.4, 0.5) is 4.39 Å². The number of piperidine rings is 1. The van der Waals surface area contributed by atoms with Crippen molar-refractivity contribution in [3.63, 3.8) is 0 Å². The van der Waals surface area contributed by atoms with E-state index in [2.05, 4.69) is 15.9 Å². The zero-order chi connectivity index (χ0) is 20.8. The number of likely N-dealkylation sites (tertiary alicyclic amines) is 1. The van der Waals surface area contributed by atoms with Gasteiger partial charge in [-0.05, 0) is 61.4 Å². The number of carbonyl (C=O) groups excluding carboxylic acids is 2. The van der Waals surface area contributed by atoms with Crippen LogP contribution in [0, 0.1) is 11.7 Å². The molecule has 0 radical (unpaired) electrons. The molecule has 0 aliphatic carbocycles. The van der Waals surface area contributed by atoms with Gasteiger partial charge in [-0.25, -0.2) is 4.39 Å². The number of halogens is 2. The maximum absolute atomic E-state index is 13.0. The van der Waals surface area contributed by atoms with Crippen molar-refractivity contribution in [3.8, 4) is 5.75 Å². The third kappa shape index (κ3) is 5.79. The minimum absolute atomic E-state index is 0.0817. The fraction of sp³-hybridized carbons (Fsp3) is 0.364. The number of nitrogens with zero attached hydrogens (tertiary/aromatic N) is 2. The standard InChI is InChI=1S/C22H24BrFN2O3/c1-25(14-15-29-20-8-4-18(23)5-9-20)21(27)17-10-12-26(13-11-17)22(28)16-2-6-19(24)7-3-16/h2-9,17H,10-15H2,1H3. The summed E-state index contributed by atoms with van der Waals surface area (Å²) in [6.45, 7) is 1.97. The summed E-state index contributed by atoms with van der Waals surface area (Å²) < 4.78 is 19.7. The highest BCUT2D eigenvalue weighted by Gasteiger charge is 2.29. The van der Waals surface area contributed by atoms with Crippen molar-refractivity contribution in [2.24, 2.45) is 5.92 Å². The van der Waals surface area contributed by atoms with Crippen molar-refractivity contribution in [2.45, 2.75) is 12.8 Å². The molecule has 3 rings (SSSR count). The molecule has 0 bridgehead atoms. The van der Waals surface area contributed by atoms with Crippen molar-refractivity contribution in [1.82, 2.24) is 9.80 Å². The maximum Gasteiger partial charge on any atom is 0.253 e. The number of ether oxygens (including phenoxy) is 1. The van der Waals surface area contributed by atoms with Gasteiger partial charge in [0.25, 0.3) is 5.91 Å². The van der Waals surface area contributed by atoms with E-state index in [4.69, 9.17) is 4.74 Å². The number of likely N-dealkylation sites (N-methyl/N-ethyl adjacent to an activating group) is 1. The highest BCUT2D eigenvalue weighted by atomic mass is 79.9. The Labute approximate surface area is 178 Å². The van der Waals surface area contributed by atoms with Crippen LogP contribution in [-0.2, 0) is 4.79 Å². The monoisotopic (exact) mass is 462 g/mol. The first-order chi connectivity index (χ1) is 13.9. The van der Waals surface area contributed by atoms with Crippen LogP contribution in [-0.4, -0.2) is 54.9 Å². The molecular weight excluding hydrogens is 439 g/mol. The van der Waals surface area contributed by atoms with Gasteiger partial charge in [-0.1, -0.05) is 15.9 Å². The van der Waals surface area contributed by atoms with E-state index in [0.29, 0.717) is 44.6 Å². The van der Waals surface area contributed by atoms with E-state index >= 15 is 0 Å². The van der Waals surface area contributed by atoms with Gasteiger partial charge in [0.1, 0.15) is 18.2 Å². The van der Waals surface area contributed by atoms with Gasteiger partial charge >= 0.3 is 0 Å². The lowest BCUT2D eigenvalue weighted by Gasteiger charge is -2.33. The topological polar surface area (TPSA) is 49.9 Å². The van der Waals surface area contributed by atoms with Crippen LogP contribution in [0.15, 0.2) is 53.0 Å². The lowest BCUT2D eigenvalue weighted by molar-refractivity contribution is -0.135. The van der Waals surface area contributed by atoms with Gasteiger partial charge in [0.15, 0.2) is 0 Å². The summed E-state index contributed by atoms with van der Waals surface area (Å²) in [6.07, 6.45) is 1.26. The van der Waals surface area contributed by atoms with Crippen molar-refractivity contribution < 1.29 is 18.7 Å². The van der Waals surface area contributed by atoms with Crippen LogP contribution in [0.25, 0.3) is 0 Å². The molecule has 7 heteroatoms. The molecule has 0 spiro atoms. The summed E-state index contributed by atoms with van der Waals surface area (Å²) in [7, 11) is 1.78. The molecule has 1 heterocycles. The molecule has 0 aromatic heterocycles. The molecule has 5 nitrogen and oxygen atoms in total. The third-order valence-corrected chi connectivity index (χ3v) is 5.64. The molecule has 1 saturated heterocycles. The molecule has 154 valence electrons. The van der Waals surface area contributed by atoms with Crippen LogP contribution in [0.5, 0.6) is 5.75 Å². The van der Waals surface area contributed by atoms with Gasteiger partial charge in [0.05, 0.1) is 6.54 Å². The minimum atomic E-state index is -0.363. The third-order valence-electron chi connectivity index (χ3n) is 5.11. The zero-order valence-corrected chi connectivity index (χ0v) is 17.9. The van der Waals surface area contributed by atoms with Crippen LogP contribution in [0.1, 0.15) is 23.2 Å². The smallest absolute Gasteiger partial charge is 0.253 e. The molecule has 29 heavy (non-hydrogen) atoms. The highest BCUT2D eigenvalue weighted by molar-refractivity contribution is 9.10. The Morgan fingerprint density at radius 2 is 1.72 bits per heavy atom. The Bertz CT molecular complexity index is 834. The van der Waals surface area contributed by atoms with E-state index in [1.165, 1.54) is 24.3 Å². The van der Waals surface area contributed by atoms with Crippen molar-refractivity contribution in [2.75, 3.05) is 33.3 Å². The second kappa shape index (κ2) is 9.87. The highest BCUT2D eigenvalue weighted by Crippen LogP contribution is 2.21. The minimum Gasteiger partial charge on any atom is -0.492 e. The molecule has 2 aromatic rings. The van der Waals surface area contributed by atoms with E-state index < -0.39 is 0 Å². The first-order valence-electron chi connectivity index (χ1n) is 9.62. The van der Waals surface area contributed by atoms with E-state index in [0.717, 1.165) is 10.2 Å². The first-order valence-corrected chi connectivity index (χ1v) is 10.4. The van der Waals surface area contributed by atoms with Gasteiger partial charge in [0.2, 0.25) is 5.91 Å². The van der Waals surface area contributed by atoms with Gasteiger partial charge in [-0.15, -0.1) is 0 Å². The second-order valence-electron chi connectivity index (χ2n) is 7.14. The number of rotatable bonds is 6. The van der Waals surface area contributed by atoms with Gasteiger partial charge < -0.3 is 14.5 Å². The Kier molecular flexibility index (Phi) is 7.25. The van der Waals surface area contributed by atoms with Crippen LogP contribution in [0.2, 0.25) is 0 Å². The molecule has 1 fully saturated rings. The lowest BCUT2D eigenvalue weighted by atomic mass is 9.95. The predicted octanol–water partition coefficient (Wildman–Crippen LogP) is 3.98. The van der Waals surface area contributed by atoms with Crippen LogP contribution < -0.4 is 4.74 Å². The van der Waals surface area contributed by atoms with E-state index in [1.807, 2.05) is 24.3 Å². The summed E-state index contributed by atoms with van der Waals surface area (Å²) in [5.74, 6) is 0.273. The number of carbonyl (C=O) groups is 2. The summed E-state index contributed by atoms with van der Waals surface area (Å²) >= 11 is 3.38. The molecular formula is C22H24BrFN2O3. The molecule has 0 N–H and O–H groups in total. The SMILES string of the molecule is CN(CCOc1ccc(Br)cc1)C(=O)C1CCN(C(=O)c2ccc(F)cc2)CC1. The lowest BCUT2D eigenvalue weighted by Crippen LogP contribution is -2.44. The first kappa shape index (κ1) is 21.3. The normalized spacial score (nSPS) is 14.5. The average Bonchev–Trinajstić information content (AvgIpc) is 2.74. The fourth-order valence-corrected chi connectivity index (χ4v) is 3.62. The van der Waals surface area contributed by atoms with E-state index in [9.17, 15) is 14.0 Å². The van der Waals surface area contributed by atoms with Gasteiger partial charge in [-0.2, -0.15) is 0 Å². The Morgan fingerprint density at radius 3 is 2.34 bits per heavy atom. The number of amides is 2. The van der Waals surface area contributed by atoms with Crippen LogP contribution >= 0.6 is 15.9 Å². The van der Waals surface area contributed by atoms with Gasteiger partial charge in [-0.3, -0.25) is 9.59 Å². The fourth-order valence-electron chi connectivity index (χ4n) is 3.36. The average molecular weight is 463 g/mol. The number of benzene rings is 2. The Hall–Kier alpha value is -2.41. The summed E-state index contributed by atoms with van der Waals surface area (Å²) in [6, 6.07) is 13.1. The van der Waals surface area contributed by atoms with Crippen molar-refractivity contribution in [3.05, 3.63) is 64.4 Å². The summed E-state index contributed by atoms with van der Waals surface area (Å²) in [5.41, 5.74) is 0.471. The van der Waals surface area contributed by atoms with E-state index in [1.54, 1.807) is 16.8 Å². The molecule has 0 atom stereocenters. The Balaban J connectivity index is 1.43. The second-order valence-corrected chi connectivity index (χ2v) is 8.05. The molecule has 0 unspecified atom stereocenters. The maximum atomic E-state index is 13.0. The molecule has 2 aromatic carbocycles. The predicted molar refractivity (Wildman–Crippen MR) is 112 cm³/mol. The van der Waals surface area contributed by atoms with Gasteiger partial charge in [0, 0.05) is 36.1 Å². The van der Waals surface area contributed by atoms with E-state index in [-0.39, 0.29) is 23.5 Å². The number of hydrogen-bond donors (Lipinski definition) is 0. The van der Waals surface area contributed by atoms with Crippen LogP contribution in [0.3, 0.4) is 0 Å². The molecule has 0 saturated carbocycles.